The largest absolute Gasteiger partial charge is 0.493 e. The first-order chi connectivity index (χ1) is 14.1. The zero-order valence-electron chi connectivity index (χ0n) is 17.1. The maximum Gasteiger partial charge on any atom is 0.226 e. The highest BCUT2D eigenvalue weighted by atomic mass is 16.5. The molecule has 152 valence electrons. The van der Waals surface area contributed by atoms with E-state index in [-0.39, 0.29) is 5.78 Å². The lowest BCUT2D eigenvalue weighted by Crippen LogP contribution is -2.06. The molecule has 0 N–H and O–H groups in total. The Hall–Kier alpha value is -3.15. The number of hydrogen-bond acceptors (Lipinski definition) is 6. The number of aryl methyl sites for hydroxylation is 2. The molecule has 3 aromatic rings. The molecule has 6 nitrogen and oxygen atoms in total. The molecule has 0 aliphatic carbocycles. The topological polar surface area (TPSA) is 74.5 Å². The molecule has 0 atom stereocenters. The summed E-state index contributed by atoms with van der Waals surface area (Å²) in [6.07, 6.45) is 6.09. The Kier molecular flexibility index (Phi) is 7.00. The van der Waals surface area contributed by atoms with Crippen LogP contribution in [0.5, 0.6) is 11.5 Å². The van der Waals surface area contributed by atoms with Gasteiger partial charge in [0.2, 0.25) is 5.89 Å². The molecule has 6 heteroatoms. The third kappa shape index (κ3) is 5.22. The van der Waals surface area contributed by atoms with Crippen molar-refractivity contribution in [2.75, 3.05) is 13.7 Å². The average molecular weight is 394 g/mol. The van der Waals surface area contributed by atoms with Crippen molar-refractivity contribution in [3.05, 3.63) is 59.7 Å². The number of aromatic nitrogens is 2. The quantitative estimate of drug-likeness (QED) is 0.354. The van der Waals surface area contributed by atoms with Crippen LogP contribution in [0.15, 0.2) is 47.2 Å². The minimum absolute atomic E-state index is 0.00343. The lowest BCUT2D eigenvalue weighted by atomic mass is 10.1. The fraction of sp³-hybridized carbons (Fsp3) is 0.348. The van der Waals surface area contributed by atoms with Crippen LogP contribution in [0, 0.1) is 6.92 Å². The molecular formula is C23H26N2O4. The van der Waals surface area contributed by atoms with Crippen molar-refractivity contribution < 1.29 is 18.7 Å². The third-order valence-electron chi connectivity index (χ3n) is 4.60. The molecular weight excluding hydrogens is 368 g/mol. The molecule has 2 aromatic heterocycles. The molecule has 0 aliphatic rings. The first-order valence-electron chi connectivity index (χ1n) is 9.82. The van der Waals surface area contributed by atoms with Crippen LogP contribution in [0.4, 0.5) is 0 Å². The van der Waals surface area contributed by atoms with Gasteiger partial charge in [0.15, 0.2) is 17.3 Å². The number of pyridine rings is 1. The van der Waals surface area contributed by atoms with Gasteiger partial charge in [0.05, 0.1) is 19.4 Å². The second kappa shape index (κ2) is 9.87. The zero-order chi connectivity index (χ0) is 20.6. The Morgan fingerprint density at radius 2 is 2.07 bits per heavy atom. The summed E-state index contributed by atoms with van der Waals surface area (Å²) in [5.74, 6) is 1.83. The number of unbranched alkanes of at least 4 members (excludes halogenated alkanes) is 1. The number of carbonyl (C=O) groups excluding carboxylic acids is 1. The molecule has 3 rings (SSSR count). The highest BCUT2D eigenvalue weighted by molar-refractivity contribution is 5.95. The summed E-state index contributed by atoms with van der Waals surface area (Å²) in [6, 6.07) is 9.30. The summed E-state index contributed by atoms with van der Waals surface area (Å²) in [6.45, 7) is 4.63. The summed E-state index contributed by atoms with van der Waals surface area (Å²) in [5, 5.41) is 0. The Morgan fingerprint density at radius 3 is 2.83 bits per heavy atom. The van der Waals surface area contributed by atoms with Gasteiger partial charge >= 0.3 is 0 Å². The zero-order valence-corrected chi connectivity index (χ0v) is 17.1. The fourth-order valence-corrected chi connectivity index (χ4v) is 2.94. The molecule has 0 bridgehead atoms. The molecule has 0 radical (unpaired) electrons. The maximum absolute atomic E-state index is 12.4. The lowest BCUT2D eigenvalue weighted by molar-refractivity contribution is 0.0977. The smallest absolute Gasteiger partial charge is 0.226 e. The summed E-state index contributed by atoms with van der Waals surface area (Å²) in [4.78, 5) is 21.1. The lowest BCUT2D eigenvalue weighted by Gasteiger charge is -2.11. The van der Waals surface area contributed by atoms with Gasteiger partial charge in [-0.1, -0.05) is 19.4 Å². The Morgan fingerprint density at radius 1 is 1.21 bits per heavy atom. The number of ketones is 1. The number of ether oxygens (including phenoxy) is 2. The van der Waals surface area contributed by atoms with E-state index in [1.54, 1.807) is 19.6 Å². The van der Waals surface area contributed by atoms with E-state index in [0.717, 1.165) is 29.7 Å². The van der Waals surface area contributed by atoms with Gasteiger partial charge in [-0.2, -0.15) is 0 Å². The van der Waals surface area contributed by atoms with E-state index in [4.69, 9.17) is 13.9 Å². The van der Waals surface area contributed by atoms with Crippen molar-refractivity contribution in [2.24, 2.45) is 0 Å². The number of benzene rings is 1. The summed E-state index contributed by atoms with van der Waals surface area (Å²) < 4.78 is 16.8. The highest BCUT2D eigenvalue weighted by Gasteiger charge is 2.14. The predicted molar refractivity (Wildman–Crippen MR) is 111 cm³/mol. The van der Waals surface area contributed by atoms with Crippen molar-refractivity contribution in [1.29, 1.82) is 0 Å². The van der Waals surface area contributed by atoms with Crippen LogP contribution in [-0.2, 0) is 6.42 Å². The number of Topliss-reactive ketones (excluding diaryl/α,β-unsaturated/α-hetero) is 1. The summed E-state index contributed by atoms with van der Waals surface area (Å²) in [5.41, 5.74) is 2.93. The van der Waals surface area contributed by atoms with Gasteiger partial charge in [0.1, 0.15) is 12.0 Å². The van der Waals surface area contributed by atoms with Crippen LogP contribution in [0.1, 0.15) is 47.9 Å². The summed E-state index contributed by atoms with van der Waals surface area (Å²) >= 11 is 0. The van der Waals surface area contributed by atoms with Crippen molar-refractivity contribution >= 4 is 5.78 Å². The van der Waals surface area contributed by atoms with E-state index >= 15 is 0 Å². The minimum atomic E-state index is 0.00343. The Balaban J connectivity index is 1.68. The van der Waals surface area contributed by atoms with Crippen molar-refractivity contribution in [3.63, 3.8) is 0 Å². The number of hydrogen-bond donors (Lipinski definition) is 0. The highest BCUT2D eigenvalue weighted by Crippen LogP contribution is 2.32. The predicted octanol–water partition coefficient (Wildman–Crippen LogP) is 5.05. The standard InChI is InChI=1S/C23H26N2O4/c1-4-5-13-28-21-14-17(8-11-20(21)27-3)23-25-18(15-29-23)9-10-19(26)22-16(2)7-6-12-24-22/h6-8,11-12,14-15H,4-5,9-10,13H2,1-3H3. The molecule has 0 amide bonds. The van der Waals surface area contributed by atoms with Crippen LogP contribution in [0.2, 0.25) is 0 Å². The normalized spacial score (nSPS) is 10.7. The van der Waals surface area contributed by atoms with Crippen LogP contribution in [0.3, 0.4) is 0 Å². The van der Waals surface area contributed by atoms with Gasteiger partial charge in [-0.15, -0.1) is 0 Å². The maximum atomic E-state index is 12.4. The van der Waals surface area contributed by atoms with Crippen LogP contribution in [-0.4, -0.2) is 29.5 Å². The van der Waals surface area contributed by atoms with Crippen LogP contribution in [0.25, 0.3) is 11.5 Å². The van der Waals surface area contributed by atoms with E-state index in [9.17, 15) is 4.79 Å². The number of carbonyl (C=O) groups is 1. The molecule has 1 aromatic carbocycles. The summed E-state index contributed by atoms with van der Waals surface area (Å²) in [7, 11) is 1.62. The Bertz CT molecular complexity index is 965. The van der Waals surface area contributed by atoms with Gasteiger partial charge < -0.3 is 13.9 Å². The first-order valence-corrected chi connectivity index (χ1v) is 9.82. The third-order valence-corrected chi connectivity index (χ3v) is 4.60. The number of oxazole rings is 1. The van der Waals surface area contributed by atoms with E-state index in [0.29, 0.717) is 42.5 Å². The van der Waals surface area contributed by atoms with Gasteiger partial charge in [0, 0.05) is 24.6 Å². The van der Waals surface area contributed by atoms with Crippen LogP contribution < -0.4 is 9.47 Å². The van der Waals surface area contributed by atoms with Gasteiger partial charge in [-0.25, -0.2) is 4.98 Å². The van der Waals surface area contributed by atoms with Gasteiger partial charge in [-0.05, 0) is 43.2 Å². The molecule has 0 unspecified atom stereocenters. The molecule has 0 saturated carbocycles. The van der Waals surface area contributed by atoms with Gasteiger partial charge in [0.25, 0.3) is 0 Å². The van der Waals surface area contributed by atoms with Crippen molar-refractivity contribution in [3.8, 4) is 23.0 Å². The molecule has 2 heterocycles. The van der Waals surface area contributed by atoms with E-state index < -0.39 is 0 Å². The van der Waals surface area contributed by atoms with Gasteiger partial charge in [-0.3, -0.25) is 9.78 Å². The number of nitrogens with zero attached hydrogens (tertiary/aromatic N) is 2. The average Bonchev–Trinajstić information content (AvgIpc) is 3.21. The van der Waals surface area contributed by atoms with Crippen LogP contribution >= 0.6 is 0 Å². The Labute approximate surface area is 170 Å². The van der Waals surface area contributed by atoms with E-state index in [1.165, 1.54) is 0 Å². The van der Waals surface area contributed by atoms with Crippen molar-refractivity contribution in [2.45, 2.75) is 39.5 Å². The molecule has 0 saturated heterocycles. The van der Waals surface area contributed by atoms with Crippen molar-refractivity contribution in [1.82, 2.24) is 9.97 Å². The molecule has 0 spiro atoms. The minimum Gasteiger partial charge on any atom is -0.493 e. The SMILES string of the molecule is CCCCOc1cc(-c2nc(CCC(=O)c3ncccc3C)co2)ccc1OC. The fourth-order valence-electron chi connectivity index (χ4n) is 2.94. The molecule has 0 fully saturated rings. The van der Waals surface area contributed by atoms with E-state index in [2.05, 4.69) is 16.9 Å². The molecule has 0 aliphatic heterocycles. The molecule has 29 heavy (non-hydrogen) atoms. The second-order valence-electron chi connectivity index (χ2n) is 6.80. The second-order valence-corrected chi connectivity index (χ2v) is 6.80. The number of rotatable bonds is 10. The number of methoxy groups -OCH3 is 1. The first kappa shape index (κ1) is 20.6. The monoisotopic (exact) mass is 394 g/mol. The van der Waals surface area contributed by atoms with E-state index in [1.807, 2.05) is 37.3 Å².